The predicted octanol–water partition coefficient (Wildman–Crippen LogP) is 5.05. The van der Waals surface area contributed by atoms with E-state index in [1.54, 1.807) is 33.5 Å². The lowest BCUT2D eigenvalue weighted by molar-refractivity contribution is -0.172. The molecule has 4 unspecified atom stereocenters. The van der Waals surface area contributed by atoms with Gasteiger partial charge in [0.05, 0.1) is 34.5 Å². The molecule has 36 heavy (non-hydrogen) atoms. The van der Waals surface area contributed by atoms with Crippen LogP contribution in [0.3, 0.4) is 0 Å². The van der Waals surface area contributed by atoms with Crippen molar-refractivity contribution >= 4 is 0 Å². The summed E-state index contributed by atoms with van der Waals surface area (Å²) in [4.78, 5) is 2.66. The minimum absolute atomic E-state index is 0.0485. The molecule has 7 nitrogen and oxygen atoms in total. The van der Waals surface area contributed by atoms with E-state index in [0.717, 1.165) is 73.8 Å². The summed E-state index contributed by atoms with van der Waals surface area (Å²) in [7, 11) is 6.78. The Morgan fingerprint density at radius 3 is 1.72 bits per heavy atom. The third-order valence-corrected chi connectivity index (χ3v) is 8.81. The summed E-state index contributed by atoms with van der Waals surface area (Å²) in [6.45, 7) is 4.91. The molecule has 0 radical (unpaired) electrons. The van der Waals surface area contributed by atoms with E-state index in [2.05, 4.69) is 36.1 Å². The van der Waals surface area contributed by atoms with Gasteiger partial charge in [0, 0.05) is 25.7 Å². The smallest absolute Gasteiger partial charge is 0.161 e. The normalized spacial score (nSPS) is 26.3. The minimum atomic E-state index is -0.0485. The SMILES string of the molecule is CCC1CN(O)C2CC1CC1c3cc(OC)c(OC)cc3CCN1CCc1cc(OC)c(OC)cc12. The Morgan fingerprint density at radius 2 is 1.22 bits per heavy atom. The molecule has 196 valence electrons. The lowest BCUT2D eigenvalue weighted by Gasteiger charge is -2.46. The number of piperidine rings is 1. The Kier molecular flexibility index (Phi) is 7.33. The molecule has 0 aliphatic carbocycles. The van der Waals surface area contributed by atoms with Crippen LogP contribution in [-0.4, -0.2) is 63.2 Å². The molecule has 2 bridgehead atoms. The Morgan fingerprint density at radius 1 is 0.750 bits per heavy atom. The van der Waals surface area contributed by atoms with Gasteiger partial charge < -0.3 is 24.2 Å². The van der Waals surface area contributed by atoms with Gasteiger partial charge in [-0.1, -0.05) is 13.3 Å². The van der Waals surface area contributed by atoms with Crippen molar-refractivity contribution in [2.24, 2.45) is 11.8 Å². The summed E-state index contributed by atoms with van der Waals surface area (Å²) in [5, 5.41) is 12.8. The number of nitrogens with zero attached hydrogens (tertiary/aromatic N) is 2. The summed E-state index contributed by atoms with van der Waals surface area (Å²) in [6.07, 6.45) is 4.94. The van der Waals surface area contributed by atoms with Crippen LogP contribution in [0.25, 0.3) is 0 Å². The second-order valence-corrected chi connectivity index (χ2v) is 10.4. The quantitative estimate of drug-likeness (QED) is 0.622. The molecule has 1 N–H and O–H groups in total. The fourth-order valence-corrected chi connectivity index (χ4v) is 6.79. The highest BCUT2D eigenvalue weighted by molar-refractivity contribution is 5.51. The van der Waals surface area contributed by atoms with Crippen LogP contribution in [0.5, 0.6) is 23.0 Å². The molecule has 4 atom stereocenters. The molecule has 0 saturated carbocycles. The molecule has 0 spiro atoms. The van der Waals surface area contributed by atoms with Crippen LogP contribution in [0.15, 0.2) is 24.3 Å². The van der Waals surface area contributed by atoms with Crippen molar-refractivity contribution in [3.63, 3.8) is 0 Å². The predicted molar refractivity (Wildman–Crippen MR) is 139 cm³/mol. The average molecular weight is 497 g/mol. The highest BCUT2D eigenvalue weighted by atomic mass is 16.5. The maximum atomic E-state index is 11.2. The van der Waals surface area contributed by atoms with Gasteiger partial charge in [0.15, 0.2) is 23.0 Å². The van der Waals surface area contributed by atoms with Crippen LogP contribution in [-0.2, 0) is 12.8 Å². The summed E-state index contributed by atoms with van der Waals surface area (Å²) in [5.74, 6) is 4.01. The van der Waals surface area contributed by atoms with E-state index in [-0.39, 0.29) is 6.04 Å². The zero-order valence-corrected chi connectivity index (χ0v) is 22.3. The van der Waals surface area contributed by atoms with Crippen molar-refractivity contribution in [2.45, 2.75) is 51.1 Å². The van der Waals surface area contributed by atoms with Crippen molar-refractivity contribution in [2.75, 3.05) is 48.1 Å². The Balaban J connectivity index is 1.59. The van der Waals surface area contributed by atoms with Crippen molar-refractivity contribution in [3.05, 3.63) is 46.5 Å². The first-order chi connectivity index (χ1) is 17.5. The molecule has 7 heteroatoms. The van der Waals surface area contributed by atoms with E-state index < -0.39 is 0 Å². The molecule has 3 aliphatic heterocycles. The molecule has 2 aromatic carbocycles. The number of benzene rings is 2. The van der Waals surface area contributed by atoms with Gasteiger partial charge in [0.25, 0.3) is 0 Å². The Bertz CT molecular complexity index is 1090. The summed E-state index contributed by atoms with van der Waals surface area (Å²) in [5.41, 5.74) is 5.12. The van der Waals surface area contributed by atoms with Crippen LogP contribution in [0.1, 0.15) is 60.5 Å². The molecule has 0 aromatic heterocycles. The largest absolute Gasteiger partial charge is 0.493 e. The Hall–Kier alpha value is -2.48. The molecule has 3 heterocycles. The lowest BCUT2D eigenvalue weighted by Crippen LogP contribution is -2.45. The number of fused-ring (bicyclic) bond motifs is 7. The maximum Gasteiger partial charge on any atom is 0.161 e. The number of hydrogen-bond donors (Lipinski definition) is 1. The molecular weight excluding hydrogens is 456 g/mol. The molecule has 3 aliphatic rings. The minimum Gasteiger partial charge on any atom is -0.493 e. The summed E-state index contributed by atoms with van der Waals surface area (Å²) < 4.78 is 22.6. The summed E-state index contributed by atoms with van der Waals surface area (Å²) >= 11 is 0. The van der Waals surface area contributed by atoms with E-state index in [0.29, 0.717) is 24.4 Å². The zero-order valence-electron chi connectivity index (χ0n) is 22.3. The van der Waals surface area contributed by atoms with Gasteiger partial charge in [-0.15, -0.1) is 0 Å². The number of hydroxylamine groups is 2. The van der Waals surface area contributed by atoms with Crippen LogP contribution >= 0.6 is 0 Å². The molecule has 1 fully saturated rings. The van der Waals surface area contributed by atoms with E-state index in [4.69, 9.17) is 18.9 Å². The van der Waals surface area contributed by atoms with Crippen LogP contribution in [0.2, 0.25) is 0 Å². The number of methoxy groups -OCH3 is 4. The molecule has 2 aromatic rings. The first kappa shape index (κ1) is 25.2. The number of ether oxygens (including phenoxy) is 4. The highest BCUT2D eigenvalue weighted by Crippen LogP contribution is 2.48. The second kappa shape index (κ2) is 10.5. The van der Waals surface area contributed by atoms with Crippen LogP contribution < -0.4 is 18.9 Å². The van der Waals surface area contributed by atoms with Gasteiger partial charge in [0.2, 0.25) is 0 Å². The topological polar surface area (TPSA) is 63.6 Å². The average Bonchev–Trinajstić information content (AvgIpc) is 2.91. The van der Waals surface area contributed by atoms with Crippen molar-refractivity contribution in [1.82, 2.24) is 9.96 Å². The third kappa shape index (κ3) is 4.42. The molecule has 0 amide bonds. The Labute approximate surface area is 214 Å². The molecule has 1 saturated heterocycles. The van der Waals surface area contributed by atoms with E-state index >= 15 is 0 Å². The van der Waals surface area contributed by atoms with Gasteiger partial charge in [-0.3, -0.25) is 4.90 Å². The van der Waals surface area contributed by atoms with Crippen LogP contribution in [0, 0.1) is 11.8 Å². The first-order valence-corrected chi connectivity index (χ1v) is 13.2. The van der Waals surface area contributed by atoms with Gasteiger partial charge in [-0.25, -0.2) is 0 Å². The zero-order chi connectivity index (χ0) is 25.4. The van der Waals surface area contributed by atoms with Crippen molar-refractivity contribution < 1.29 is 24.2 Å². The lowest BCUT2D eigenvalue weighted by atomic mass is 9.73. The van der Waals surface area contributed by atoms with Crippen molar-refractivity contribution in [3.8, 4) is 23.0 Å². The highest BCUT2D eigenvalue weighted by Gasteiger charge is 2.40. The van der Waals surface area contributed by atoms with Gasteiger partial charge in [-0.2, -0.15) is 5.06 Å². The molecule has 5 rings (SSSR count). The third-order valence-electron chi connectivity index (χ3n) is 8.81. The fraction of sp³-hybridized carbons (Fsp3) is 0.586. The fourth-order valence-electron chi connectivity index (χ4n) is 6.79. The molecular formula is C29H40N2O5. The maximum absolute atomic E-state index is 11.2. The van der Waals surface area contributed by atoms with Gasteiger partial charge in [0.1, 0.15) is 0 Å². The monoisotopic (exact) mass is 496 g/mol. The summed E-state index contributed by atoms with van der Waals surface area (Å²) in [6, 6.07) is 8.86. The second-order valence-electron chi connectivity index (χ2n) is 10.4. The number of hydrogen-bond acceptors (Lipinski definition) is 7. The van der Waals surface area contributed by atoms with Gasteiger partial charge >= 0.3 is 0 Å². The van der Waals surface area contributed by atoms with Gasteiger partial charge in [-0.05, 0) is 84.0 Å². The van der Waals surface area contributed by atoms with E-state index in [1.165, 1.54) is 16.7 Å². The first-order valence-electron chi connectivity index (χ1n) is 13.2. The van der Waals surface area contributed by atoms with E-state index in [9.17, 15) is 5.21 Å². The van der Waals surface area contributed by atoms with E-state index in [1.807, 2.05) is 0 Å². The van der Waals surface area contributed by atoms with Crippen LogP contribution in [0.4, 0.5) is 0 Å². The standard InChI is InChI=1S/C29H40N2O5/c1-6-18-17-31(32)25-12-21(18)11-24-22-15-28(35-4)26(33-2)13-19(22)7-9-30(24)10-8-20-14-27(34-3)29(36-5)16-23(20)25/h13-16,18,21,24-25,32H,6-12,17H2,1-5H3. The van der Waals surface area contributed by atoms with Crippen molar-refractivity contribution in [1.29, 1.82) is 0 Å². The number of rotatable bonds is 5.